The van der Waals surface area contributed by atoms with E-state index in [9.17, 15) is 4.79 Å². The molecule has 1 atom stereocenters. The summed E-state index contributed by atoms with van der Waals surface area (Å²) in [5, 5.41) is 0. The number of likely N-dealkylation sites (N-methyl/N-ethyl adjacent to an activating group) is 1. The monoisotopic (exact) mass is 292 g/mol. The maximum absolute atomic E-state index is 12.9. The summed E-state index contributed by atoms with van der Waals surface area (Å²) in [7, 11) is 0. The number of carbonyl (C=O) groups is 1. The van der Waals surface area contributed by atoms with Gasteiger partial charge in [-0.3, -0.25) is 9.69 Å². The van der Waals surface area contributed by atoms with Crippen LogP contribution in [0.5, 0.6) is 0 Å². The fourth-order valence-corrected chi connectivity index (χ4v) is 4.07. The summed E-state index contributed by atoms with van der Waals surface area (Å²) in [6.45, 7) is 6.90. The summed E-state index contributed by atoms with van der Waals surface area (Å²) in [6, 6.07) is 16.7. The summed E-state index contributed by atoms with van der Waals surface area (Å²) in [6.07, 6.45) is 0. The van der Waals surface area contributed by atoms with Crippen LogP contribution >= 0.6 is 0 Å². The SMILES string of the molecule is CCN1CCN2C(=O)c3ccccc3C12c1ccc(C)cc1. The van der Waals surface area contributed by atoms with E-state index in [4.69, 9.17) is 0 Å². The van der Waals surface area contributed by atoms with Gasteiger partial charge < -0.3 is 4.90 Å². The number of nitrogens with zero attached hydrogens (tertiary/aromatic N) is 2. The van der Waals surface area contributed by atoms with Gasteiger partial charge in [-0.1, -0.05) is 55.0 Å². The zero-order valence-corrected chi connectivity index (χ0v) is 13.0. The summed E-state index contributed by atoms with van der Waals surface area (Å²) in [5.41, 5.74) is 3.99. The smallest absolute Gasteiger partial charge is 0.256 e. The Kier molecular flexibility index (Phi) is 2.88. The van der Waals surface area contributed by atoms with E-state index in [2.05, 4.69) is 49.1 Å². The quantitative estimate of drug-likeness (QED) is 0.849. The zero-order chi connectivity index (χ0) is 15.3. The van der Waals surface area contributed by atoms with Gasteiger partial charge in [0.25, 0.3) is 5.91 Å². The lowest BCUT2D eigenvalue weighted by Crippen LogP contribution is -2.49. The van der Waals surface area contributed by atoms with Crippen molar-refractivity contribution in [1.29, 1.82) is 0 Å². The van der Waals surface area contributed by atoms with Crippen LogP contribution in [0.4, 0.5) is 0 Å². The molecule has 0 aromatic heterocycles. The first-order valence-corrected chi connectivity index (χ1v) is 7.93. The molecule has 1 unspecified atom stereocenters. The third-order valence-corrected chi connectivity index (χ3v) is 5.06. The van der Waals surface area contributed by atoms with Crippen LogP contribution in [0.1, 0.15) is 34.0 Å². The maximum Gasteiger partial charge on any atom is 0.256 e. The van der Waals surface area contributed by atoms with E-state index in [0.717, 1.165) is 30.8 Å². The van der Waals surface area contributed by atoms with Crippen LogP contribution in [0.3, 0.4) is 0 Å². The van der Waals surface area contributed by atoms with Gasteiger partial charge in [-0.15, -0.1) is 0 Å². The van der Waals surface area contributed by atoms with Crippen LogP contribution < -0.4 is 0 Å². The molecule has 0 bridgehead atoms. The first-order valence-electron chi connectivity index (χ1n) is 7.93. The van der Waals surface area contributed by atoms with Crippen molar-refractivity contribution in [3.05, 3.63) is 70.8 Å². The number of rotatable bonds is 2. The molecule has 2 aromatic carbocycles. The number of benzene rings is 2. The fourth-order valence-electron chi connectivity index (χ4n) is 4.07. The minimum absolute atomic E-state index is 0.159. The van der Waals surface area contributed by atoms with Crippen molar-refractivity contribution in [3.63, 3.8) is 0 Å². The summed E-state index contributed by atoms with van der Waals surface area (Å²) in [4.78, 5) is 17.3. The molecule has 2 aliphatic rings. The van der Waals surface area contributed by atoms with Crippen molar-refractivity contribution >= 4 is 5.91 Å². The lowest BCUT2D eigenvalue weighted by Gasteiger charge is -2.40. The molecule has 1 fully saturated rings. The Morgan fingerprint density at radius 3 is 2.50 bits per heavy atom. The molecule has 0 spiro atoms. The molecular weight excluding hydrogens is 272 g/mol. The van der Waals surface area contributed by atoms with Crippen molar-refractivity contribution < 1.29 is 4.79 Å². The molecule has 0 aliphatic carbocycles. The Balaban J connectivity index is 2.02. The number of aryl methyl sites for hydroxylation is 1. The van der Waals surface area contributed by atoms with Crippen LogP contribution in [-0.2, 0) is 5.66 Å². The molecule has 1 saturated heterocycles. The summed E-state index contributed by atoms with van der Waals surface area (Å²) < 4.78 is 0. The molecule has 3 nitrogen and oxygen atoms in total. The van der Waals surface area contributed by atoms with E-state index in [1.165, 1.54) is 11.1 Å². The summed E-state index contributed by atoms with van der Waals surface area (Å²) in [5.74, 6) is 0.159. The lowest BCUT2D eigenvalue weighted by molar-refractivity contribution is 0.0472. The van der Waals surface area contributed by atoms with E-state index in [-0.39, 0.29) is 5.91 Å². The Morgan fingerprint density at radius 2 is 1.77 bits per heavy atom. The predicted molar refractivity (Wildman–Crippen MR) is 86.7 cm³/mol. The molecule has 22 heavy (non-hydrogen) atoms. The Bertz CT molecular complexity index is 737. The maximum atomic E-state index is 12.9. The van der Waals surface area contributed by atoms with E-state index in [1.807, 2.05) is 23.1 Å². The lowest BCUT2D eigenvalue weighted by atomic mass is 9.89. The third kappa shape index (κ3) is 1.52. The minimum Gasteiger partial charge on any atom is -0.311 e. The largest absolute Gasteiger partial charge is 0.311 e. The normalized spacial score (nSPS) is 23.7. The van der Waals surface area contributed by atoms with Gasteiger partial charge in [-0.25, -0.2) is 0 Å². The topological polar surface area (TPSA) is 23.6 Å². The van der Waals surface area contributed by atoms with E-state index < -0.39 is 5.66 Å². The van der Waals surface area contributed by atoms with E-state index >= 15 is 0 Å². The van der Waals surface area contributed by atoms with Gasteiger partial charge >= 0.3 is 0 Å². The first-order chi connectivity index (χ1) is 10.7. The van der Waals surface area contributed by atoms with Gasteiger partial charge in [0.1, 0.15) is 5.66 Å². The first kappa shape index (κ1) is 13.5. The molecule has 0 N–H and O–H groups in total. The highest BCUT2D eigenvalue weighted by Crippen LogP contribution is 2.49. The minimum atomic E-state index is -0.421. The highest BCUT2D eigenvalue weighted by Gasteiger charge is 2.57. The van der Waals surface area contributed by atoms with Gasteiger partial charge in [-0.2, -0.15) is 0 Å². The highest BCUT2D eigenvalue weighted by atomic mass is 16.2. The molecule has 3 heteroatoms. The van der Waals surface area contributed by atoms with Crippen LogP contribution in [0.25, 0.3) is 0 Å². The number of fused-ring (bicyclic) bond motifs is 3. The number of carbonyl (C=O) groups excluding carboxylic acids is 1. The molecular formula is C19H20N2O. The summed E-state index contributed by atoms with van der Waals surface area (Å²) >= 11 is 0. The van der Waals surface area contributed by atoms with E-state index in [0.29, 0.717) is 0 Å². The fraction of sp³-hybridized carbons (Fsp3) is 0.316. The van der Waals surface area contributed by atoms with Gasteiger partial charge in [0.15, 0.2) is 0 Å². The Hall–Kier alpha value is -2.13. The van der Waals surface area contributed by atoms with E-state index in [1.54, 1.807) is 0 Å². The third-order valence-electron chi connectivity index (χ3n) is 5.06. The van der Waals surface area contributed by atoms with Crippen molar-refractivity contribution in [2.75, 3.05) is 19.6 Å². The van der Waals surface area contributed by atoms with Gasteiger partial charge in [0.05, 0.1) is 0 Å². The van der Waals surface area contributed by atoms with Crippen LogP contribution in [0.2, 0.25) is 0 Å². The standard InChI is InChI=1S/C19H20N2O/c1-3-20-12-13-21-18(22)16-6-4-5-7-17(16)19(20,21)15-10-8-14(2)9-11-15/h4-11H,3,12-13H2,1-2H3. The second-order valence-corrected chi connectivity index (χ2v) is 6.12. The van der Waals surface area contributed by atoms with Crippen molar-refractivity contribution in [2.24, 2.45) is 0 Å². The zero-order valence-electron chi connectivity index (χ0n) is 13.0. The van der Waals surface area contributed by atoms with Crippen LogP contribution in [0, 0.1) is 6.92 Å². The van der Waals surface area contributed by atoms with Gasteiger partial charge in [-0.05, 0) is 25.1 Å². The average Bonchev–Trinajstić information content (AvgIpc) is 3.05. The Labute approximate surface area is 131 Å². The number of hydrogen-bond acceptors (Lipinski definition) is 2. The molecule has 4 rings (SSSR count). The predicted octanol–water partition coefficient (Wildman–Crippen LogP) is 2.99. The van der Waals surface area contributed by atoms with Crippen molar-refractivity contribution in [2.45, 2.75) is 19.5 Å². The van der Waals surface area contributed by atoms with Gasteiger partial charge in [0, 0.05) is 24.2 Å². The molecule has 0 saturated carbocycles. The van der Waals surface area contributed by atoms with Crippen molar-refractivity contribution in [3.8, 4) is 0 Å². The van der Waals surface area contributed by atoms with Gasteiger partial charge in [0.2, 0.25) is 0 Å². The second-order valence-electron chi connectivity index (χ2n) is 6.12. The van der Waals surface area contributed by atoms with Crippen molar-refractivity contribution in [1.82, 2.24) is 9.80 Å². The number of hydrogen-bond donors (Lipinski definition) is 0. The molecule has 0 radical (unpaired) electrons. The molecule has 2 aromatic rings. The Morgan fingerprint density at radius 1 is 1.05 bits per heavy atom. The van der Waals surface area contributed by atoms with Crippen LogP contribution in [0.15, 0.2) is 48.5 Å². The molecule has 112 valence electrons. The van der Waals surface area contributed by atoms with Crippen LogP contribution in [-0.4, -0.2) is 35.3 Å². The highest BCUT2D eigenvalue weighted by molar-refractivity contribution is 6.01. The molecule has 2 aliphatic heterocycles. The number of amides is 1. The molecule has 1 amide bonds. The average molecular weight is 292 g/mol. The second kappa shape index (κ2) is 4.68. The molecule has 2 heterocycles.